The Morgan fingerprint density at radius 1 is 1.43 bits per heavy atom. The summed E-state index contributed by atoms with van der Waals surface area (Å²) in [6.07, 6.45) is 8.35. The van der Waals surface area contributed by atoms with Crippen molar-refractivity contribution in [2.75, 3.05) is 6.54 Å². The first kappa shape index (κ1) is 14.3. The minimum Gasteiger partial charge on any atom is -0.348 e. The molecule has 1 aliphatic rings. The second kappa shape index (κ2) is 5.64. The number of nitrogens with zero attached hydrogens (tertiary/aromatic N) is 3. The zero-order valence-corrected chi connectivity index (χ0v) is 13.2. The normalized spacial score (nSPS) is 18.7. The monoisotopic (exact) mass is 287 g/mol. The van der Waals surface area contributed by atoms with Gasteiger partial charge < -0.3 is 14.9 Å². The summed E-state index contributed by atoms with van der Waals surface area (Å²) in [5.41, 5.74) is 1.33. The van der Waals surface area contributed by atoms with Gasteiger partial charge in [0.05, 0.1) is 12.2 Å². The number of imidazole rings is 2. The number of rotatable bonds is 4. The van der Waals surface area contributed by atoms with E-state index in [1.54, 1.807) is 6.20 Å². The van der Waals surface area contributed by atoms with Crippen LogP contribution in [0.15, 0.2) is 18.6 Å². The third-order valence-corrected chi connectivity index (χ3v) is 4.13. The largest absolute Gasteiger partial charge is 0.348 e. The number of nitrogens with one attached hydrogen (secondary N) is 2. The summed E-state index contributed by atoms with van der Waals surface area (Å²) in [5, 5.41) is 3.50. The lowest BCUT2D eigenvalue weighted by molar-refractivity contribution is 0.421. The Hall–Kier alpha value is -1.62. The fourth-order valence-electron chi connectivity index (χ4n) is 2.89. The molecule has 2 N–H and O–H groups in total. The van der Waals surface area contributed by atoms with Crippen LogP contribution in [0, 0.1) is 0 Å². The Morgan fingerprint density at radius 3 is 3.00 bits per heavy atom. The van der Waals surface area contributed by atoms with Gasteiger partial charge in [0.25, 0.3) is 0 Å². The third kappa shape index (κ3) is 3.18. The Kier molecular flexibility index (Phi) is 3.85. The minimum absolute atomic E-state index is 0.122. The van der Waals surface area contributed by atoms with E-state index in [1.165, 1.54) is 24.4 Å². The van der Waals surface area contributed by atoms with Crippen molar-refractivity contribution in [1.29, 1.82) is 0 Å². The van der Waals surface area contributed by atoms with Crippen LogP contribution in [0.25, 0.3) is 0 Å². The molecule has 5 nitrogen and oxygen atoms in total. The van der Waals surface area contributed by atoms with Gasteiger partial charge in [0.1, 0.15) is 11.6 Å². The van der Waals surface area contributed by atoms with E-state index < -0.39 is 0 Å². The van der Waals surface area contributed by atoms with Crippen molar-refractivity contribution in [1.82, 2.24) is 24.8 Å². The van der Waals surface area contributed by atoms with Gasteiger partial charge in [0.2, 0.25) is 0 Å². The first-order valence-corrected chi connectivity index (χ1v) is 7.80. The lowest BCUT2D eigenvalue weighted by Crippen LogP contribution is -2.26. The van der Waals surface area contributed by atoms with E-state index >= 15 is 0 Å². The number of aryl methyl sites for hydroxylation is 1. The van der Waals surface area contributed by atoms with E-state index in [-0.39, 0.29) is 5.41 Å². The van der Waals surface area contributed by atoms with E-state index in [1.807, 2.05) is 6.20 Å². The van der Waals surface area contributed by atoms with Crippen molar-refractivity contribution in [2.24, 2.45) is 0 Å². The summed E-state index contributed by atoms with van der Waals surface area (Å²) < 4.78 is 2.35. The van der Waals surface area contributed by atoms with E-state index in [4.69, 9.17) is 4.98 Å². The highest BCUT2D eigenvalue weighted by molar-refractivity contribution is 5.17. The van der Waals surface area contributed by atoms with E-state index in [0.29, 0.717) is 5.92 Å². The van der Waals surface area contributed by atoms with Gasteiger partial charge in [-0.2, -0.15) is 0 Å². The highest BCUT2D eigenvalue weighted by Crippen LogP contribution is 2.30. The van der Waals surface area contributed by atoms with E-state index in [2.05, 4.69) is 46.8 Å². The van der Waals surface area contributed by atoms with Crippen molar-refractivity contribution in [2.45, 2.75) is 58.0 Å². The lowest BCUT2D eigenvalue weighted by atomic mass is 9.93. The SMILES string of the molecule is CC(C)(C)c1cn2c(n1)C(CNCc1ncc[nH]1)CCC2. The zero-order chi connectivity index (χ0) is 14.9. The molecule has 0 saturated carbocycles. The number of aromatic nitrogens is 4. The van der Waals surface area contributed by atoms with Crippen LogP contribution in [-0.2, 0) is 18.5 Å². The van der Waals surface area contributed by atoms with Crippen LogP contribution < -0.4 is 5.32 Å². The second-order valence-electron chi connectivity index (χ2n) is 6.93. The summed E-state index contributed by atoms with van der Waals surface area (Å²) in [6, 6.07) is 0. The first-order valence-electron chi connectivity index (χ1n) is 7.80. The number of aromatic amines is 1. The molecule has 0 aliphatic carbocycles. The summed E-state index contributed by atoms with van der Waals surface area (Å²) >= 11 is 0. The molecular formula is C16H25N5. The average molecular weight is 287 g/mol. The molecule has 1 unspecified atom stereocenters. The molecule has 1 atom stereocenters. The van der Waals surface area contributed by atoms with Gasteiger partial charge >= 0.3 is 0 Å². The van der Waals surface area contributed by atoms with Crippen LogP contribution in [0.4, 0.5) is 0 Å². The fraction of sp³-hybridized carbons (Fsp3) is 0.625. The molecule has 3 rings (SSSR count). The predicted octanol–water partition coefficient (Wildman–Crippen LogP) is 2.57. The standard InChI is InChI=1S/C16H25N5/c1-16(2,3)13-11-21-8-4-5-12(15(21)20-13)9-17-10-14-18-6-7-19-14/h6-7,11-12,17H,4-5,8-10H2,1-3H3,(H,18,19). The molecule has 1 aliphatic heterocycles. The van der Waals surface area contributed by atoms with Crippen LogP contribution in [0.1, 0.15) is 56.9 Å². The second-order valence-corrected chi connectivity index (χ2v) is 6.93. The molecule has 3 heterocycles. The highest BCUT2D eigenvalue weighted by Gasteiger charge is 2.26. The Bertz CT molecular complexity index is 576. The smallest absolute Gasteiger partial charge is 0.120 e. The van der Waals surface area contributed by atoms with E-state index in [9.17, 15) is 0 Å². The van der Waals surface area contributed by atoms with Crippen LogP contribution in [0.5, 0.6) is 0 Å². The number of H-pyrrole nitrogens is 1. The summed E-state index contributed by atoms with van der Waals surface area (Å²) in [5.74, 6) is 2.74. The molecule has 0 amide bonds. The summed E-state index contributed by atoms with van der Waals surface area (Å²) in [4.78, 5) is 12.3. The lowest BCUT2D eigenvalue weighted by Gasteiger charge is -2.23. The summed E-state index contributed by atoms with van der Waals surface area (Å²) in [7, 11) is 0. The van der Waals surface area contributed by atoms with Crippen molar-refractivity contribution in [3.05, 3.63) is 35.9 Å². The maximum atomic E-state index is 4.92. The van der Waals surface area contributed by atoms with Gasteiger partial charge in [-0.1, -0.05) is 20.8 Å². The number of fused-ring (bicyclic) bond motifs is 1. The average Bonchev–Trinajstić information content (AvgIpc) is 3.06. The van der Waals surface area contributed by atoms with Gasteiger partial charge in [-0.3, -0.25) is 0 Å². The summed E-state index contributed by atoms with van der Waals surface area (Å²) in [6.45, 7) is 9.53. The van der Waals surface area contributed by atoms with Crippen molar-refractivity contribution < 1.29 is 0 Å². The molecule has 21 heavy (non-hydrogen) atoms. The maximum absolute atomic E-state index is 4.92. The van der Waals surface area contributed by atoms with Gasteiger partial charge in [-0.15, -0.1) is 0 Å². The van der Waals surface area contributed by atoms with Crippen LogP contribution in [0.3, 0.4) is 0 Å². The highest BCUT2D eigenvalue weighted by atomic mass is 15.1. The van der Waals surface area contributed by atoms with Gasteiger partial charge in [-0.05, 0) is 12.8 Å². The molecule has 2 aromatic heterocycles. The molecule has 0 bridgehead atoms. The number of hydrogen-bond acceptors (Lipinski definition) is 3. The third-order valence-electron chi connectivity index (χ3n) is 4.13. The quantitative estimate of drug-likeness (QED) is 0.908. The van der Waals surface area contributed by atoms with Gasteiger partial charge in [0.15, 0.2) is 0 Å². The molecule has 0 aromatic carbocycles. The molecule has 0 radical (unpaired) electrons. The molecule has 0 fully saturated rings. The van der Waals surface area contributed by atoms with Crippen LogP contribution in [0.2, 0.25) is 0 Å². The predicted molar refractivity (Wildman–Crippen MR) is 83.2 cm³/mol. The first-order chi connectivity index (χ1) is 10.0. The topological polar surface area (TPSA) is 58.5 Å². The fourth-order valence-corrected chi connectivity index (χ4v) is 2.89. The molecule has 2 aromatic rings. The van der Waals surface area contributed by atoms with Crippen LogP contribution in [-0.4, -0.2) is 26.1 Å². The number of hydrogen-bond donors (Lipinski definition) is 2. The van der Waals surface area contributed by atoms with Crippen molar-refractivity contribution >= 4 is 0 Å². The van der Waals surface area contributed by atoms with Gasteiger partial charge in [-0.25, -0.2) is 9.97 Å². The molecule has 0 saturated heterocycles. The Balaban J connectivity index is 1.67. The van der Waals surface area contributed by atoms with E-state index in [0.717, 1.165) is 25.5 Å². The molecule has 5 heteroatoms. The Morgan fingerprint density at radius 2 is 2.29 bits per heavy atom. The van der Waals surface area contributed by atoms with Crippen LogP contribution >= 0.6 is 0 Å². The molecule has 114 valence electrons. The van der Waals surface area contributed by atoms with Crippen molar-refractivity contribution in [3.63, 3.8) is 0 Å². The maximum Gasteiger partial charge on any atom is 0.120 e. The van der Waals surface area contributed by atoms with Crippen molar-refractivity contribution in [3.8, 4) is 0 Å². The Labute approximate surface area is 126 Å². The molecule has 0 spiro atoms. The van der Waals surface area contributed by atoms with Gasteiger partial charge in [0, 0.05) is 43.0 Å². The zero-order valence-electron chi connectivity index (χ0n) is 13.2. The minimum atomic E-state index is 0.122. The molecular weight excluding hydrogens is 262 g/mol.